The molecule has 0 aliphatic rings. The van der Waals surface area contributed by atoms with Crippen molar-refractivity contribution in [2.24, 2.45) is 5.84 Å². The molecule has 0 bridgehead atoms. The fourth-order valence-electron chi connectivity index (χ4n) is 1.41. The lowest BCUT2D eigenvalue weighted by Crippen LogP contribution is -2.29. The third kappa shape index (κ3) is 5.33. The molecule has 1 aromatic rings. The first-order valence-corrected chi connectivity index (χ1v) is 6.08. The van der Waals surface area contributed by atoms with E-state index in [1.165, 1.54) is 12.1 Å². The summed E-state index contributed by atoms with van der Waals surface area (Å²) in [6.07, 6.45) is 2.70. The average molecular weight is 275 g/mol. The van der Waals surface area contributed by atoms with E-state index < -0.39 is 5.82 Å². The zero-order valence-electron chi connectivity index (χ0n) is 9.92. The normalized spacial score (nSPS) is 10.2. The number of carbonyl (C=O) groups is 1. The third-order valence-electron chi connectivity index (χ3n) is 2.36. The molecule has 0 saturated heterocycles. The average Bonchev–Trinajstić information content (AvgIpc) is 2.35. The Balaban J connectivity index is 2.16. The summed E-state index contributed by atoms with van der Waals surface area (Å²) in [4.78, 5) is 10.8. The quantitative estimate of drug-likeness (QED) is 0.347. The van der Waals surface area contributed by atoms with Crippen molar-refractivity contribution in [2.45, 2.75) is 25.7 Å². The van der Waals surface area contributed by atoms with Crippen molar-refractivity contribution in [2.75, 3.05) is 6.61 Å². The molecule has 4 nitrogen and oxygen atoms in total. The maximum atomic E-state index is 13.3. The summed E-state index contributed by atoms with van der Waals surface area (Å²) in [7, 11) is 0. The van der Waals surface area contributed by atoms with Gasteiger partial charge in [-0.1, -0.05) is 11.6 Å². The Morgan fingerprint density at radius 1 is 1.39 bits per heavy atom. The van der Waals surface area contributed by atoms with Gasteiger partial charge in [-0.2, -0.15) is 0 Å². The van der Waals surface area contributed by atoms with Crippen LogP contribution in [0, 0.1) is 5.82 Å². The number of unbranched alkanes of at least 4 members (excludes halogenated alkanes) is 2. The minimum absolute atomic E-state index is 0.181. The molecule has 18 heavy (non-hydrogen) atoms. The summed E-state index contributed by atoms with van der Waals surface area (Å²) in [6.45, 7) is 0.406. The summed E-state index contributed by atoms with van der Waals surface area (Å²) in [5.74, 6) is 4.49. The first-order chi connectivity index (χ1) is 8.63. The van der Waals surface area contributed by atoms with Crippen molar-refractivity contribution in [3.63, 3.8) is 0 Å². The van der Waals surface area contributed by atoms with Gasteiger partial charge in [-0.15, -0.1) is 0 Å². The number of amides is 1. The predicted octanol–water partition coefficient (Wildman–Crippen LogP) is 2.41. The summed E-state index contributed by atoms with van der Waals surface area (Å²) in [5.41, 5.74) is 2.06. The van der Waals surface area contributed by atoms with Crippen LogP contribution >= 0.6 is 11.6 Å². The van der Waals surface area contributed by atoms with E-state index in [2.05, 4.69) is 5.43 Å². The van der Waals surface area contributed by atoms with Gasteiger partial charge in [0.05, 0.1) is 6.61 Å². The number of ether oxygens (including phenoxy) is 1. The Morgan fingerprint density at radius 2 is 2.17 bits per heavy atom. The molecular formula is C12H16ClFN2O2. The van der Waals surface area contributed by atoms with Gasteiger partial charge in [0.1, 0.15) is 0 Å². The van der Waals surface area contributed by atoms with Gasteiger partial charge in [0, 0.05) is 11.4 Å². The SMILES string of the molecule is NNC(=O)CCCCCOc1ccc(Cl)cc1F. The van der Waals surface area contributed by atoms with Crippen molar-refractivity contribution in [1.29, 1.82) is 0 Å². The molecule has 3 N–H and O–H groups in total. The first-order valence-electron chi connectivity index (χ1n) is 5.71. The molecule has 0 aliphatic carbocycles. The highest BCUT2D eigenvalue weighted by molar-refractivity contribution is 6.30. The van der Waals surface area contributed by atoms with E-state index in [1.807, 2.05) is 0 Å². The number of nitrogens with one attached hydrogen (secondary N) is 1. The second-order valence-corrected chi connectivity index (χ2v) is 4.24. The van der Waals surface area contributed by atoms with Gasteiger partial charge in [0.15, 0.2) is 11.6 Å². The fourth-order valence-corrected chi connectivity index (χ4v) is 1.57. The number of hydrogen-bond acceptors (Lipinski definition) is 3. The monoisotopic (exact) mass is 274 g/mol. The van der Waals surface area contributed by atoms with E-state index in [9.17, 15) is 9.18 Å². The number of halogens is 2. The smallest absolute Gasteiger partial charge is 0.233 e. The Bertz CT molecular complexity index is 402. The summed E-state index contributed by atoms with van der Waals surface area (Å²) >= 11 is 5.62. The number of carbonyl (C=O) groups excluding carboxylic acids is 1. The molecule has 6 heteroatoms. The third-order valence-corrected chi connectivity index (χ3v) is 2.60. The highest BCUT2D eigenvalue weighted by Gasteiger charge is 2.03. The van der Waals surface area contributed by atoms with Crippen LogP contribution in [0.1, 0.15) is 25.7 Å². The molecule has 0 aliphatic heterocycles. The molecule has 1 amide bonds. The molecule has 0 fully saturated rings. The molecule has 1 aromatic carbocycles. The molecule has 0 radical (unpaired) electrons. The zero-order valence-corrected chi connectivity index (χ0v) is 10.7. The second-order valence-electron chi connectivity index (χ2n) is 3.80. The number of nitrogens with two attached hydrogens (primary N) is 1. The highest BCUT2D eigenvalue weighted by Crippen LogP contribution is 2.21. The lowest BCUT2D eigenvalue weighted by atomic mass is 10.2. The minimum atomic E-state index is -0.468. The van der Waals surface area contributed by atoms with E-state index >= 15 is 0 Å². The summed E-state index contributed by atoms with van der Waals surface area (Å²) in [6, 6.07) is 4.29. The second kappa shape index (κ2) is 7.89. The summed E-state index contributed by atoms with van der Waals surface area (Å²) in [5, 5.41) is 0.340. The van der Waals surface area contributed by atoms with Crippen molar-refractivity contribution < 1.29 is 13.9 Å². The van der Waals surface area contributed by atoms with Gasteiger partial charge in [0.25, 0.3) is 0 Å². The van der Waals surface area contributed by atoms with Crippen LogP contribution in [0.2, 0.25) is 5.02 Å². The molecule has 0 unspecified atom stereocenters. The van der Waals surface area contributed by atoms with Crippen LogP contribution in [0.4, 0.5) is 4.39 Å². The van der Waals surface area contributed by atoms with Crippen LogP contribution in [0.5, 0.6) is 5.75 Å². The number of hydrazine groups is 1. The van der Waals surface area contributed by atoms with Crippen LogP contribution in [-0.4, -0.2) is 12.5 Å². The van der Waals surface area contributed by atoms with Crippen LogP contribution in [0.25, 0.3) is 0 Å². The van der Waals surface area contributed by atoms with Gasteiger partial charge in [-0.05, 0) is 37.5 Å². The lowest BCUT2D eigenvalue weighted by Gasteiger charge is -2.07. The van der Waals surface area contributed by atoms with Crippen LogP contribution in [-0.2, 0) is 4.79 Å². The van der Waals surface area contributed by atoms with Crippen molar-refractivity contribution in [3.8, 4) is 5.75 Å². The van der Waals surface area contributed by atoms with Crippen molar-refractivity contribution >= 4 is 17.5 Å². The van der Waals surface area contributed by atoms with Gasteiger partial charge in [0.2, 0.25) is 5.91 Å². The highest BCUT2D eigenvalue weighted by atomic mass is 35.5. The van der Waals surface area contributed by atoms with E-state index in [-0.39, 0.29) is 11.7 Å². The van der Waals surface area contributed by atoms with E-state index in [0.29, 0.717) is 18.1 Å². The standard InChI is InChI=1S/C12H16ClFN2O2/c13-9-5-6-11(10(14)8-9)18-7-3-1-2-4-12(17)16-15/h5-6,8H,1-4,7,15H2,(H,16,17). The predicted molar refractivity (Wildman–Crippen MR) is 67.7 cm³/mol. The number of benzene rings is 1. The topological polar surface area (TPSA) is 64.3 Å². The first kappa shape index (κ1) is 14.7. The lowest BCUT2D eigenvalue weighted by molar-refractivity contribution is -0.121. The maximum Gasteiger partial charge on any atom is 0.233 e. The van der Waals surface area contributed by atoms with Crippen LogP contribution in [0.15, 0.2) is 18.2 Å². The minimum Gasteiger partial charge on any atom is -0.491 e. The molecule has 1 rings (SSSR count). The Hall–Kier alpha value is -1.33. The van der Waals surface area contributed by atoms with Gasteiger partial charge in [-0.3, -0.25) is 10.2 Å². The molecular weight excluding hydrogens is 259 g/mol. The molecule has 0 atom stereocenters. The van der Waals surface area contributed by atoms with E-state index in [1.54, 1.807) is 6.07 Å². The Labute approximate surface area is 110 Å². The largest absolute Gasteiger partial charge is 0.491 e. The van der Waals surface area contributed by atoms with Crippen LogP contribution in [0.3, 0.4) is 0 Å². The number of rotatable bonds is 7. The van der Waals surface area contributed by atoms with E-state index in [4.69, 9.17) is 22.2 Å². The van der Waals surface area contributed by atoms with Crippen molar-refractivity contribution in [1.82, 2.24) is 5.43 Å². The molecule has 0 saturated carbocycles. The molecule has 0 aromatic heterocycles. The zero-order chi connectivity index (χ0) is 13.4. The molecule has 0 heterocycles. The fraction of sp³-hybridized carbons (Fsp3) is 0.417. The maximum absolute atomic E-state index is 13.3. The molecule has 100 valence electrons. The van der Waals surface area contributed by atoms with E-state index in [0.717, 1.165) is 19.3 Å². The molecule has 0 spiro atoms. The van der Waals surface area contributed by atoms with Gasteiger partial charge in [-0.25, -0.2) is 10.2 Å². The van der Waals surface area contributed by atoms with Crippen LogP contribution < -0.4 is 16.0 Å². The van der Waals surface area contributed by atoms with Gasteiger partial charge < -0.3 is 4.74 Å². The van der Waals surface area contributed by atoms with Gasteiger partial charge >= 0.3 is 0 Å². The van der Waals surface area contributed by atoms with Crippen molar-refractivity contribution in [3.05, 3.63) is 29.0 Å². The Kier molecular flexibility index (Phi) is 6.46. The number of hydrogen-bond donors (Lipinski definition) is 2. The summed E-state index contributed by atoms with van der Waals surface area (Å²) < 4.78 is 18.6. The Morgan fingerprint density at radius 3 is 2.83 bits per heavy atom.